The van der Waals surface area contributed by atoms with Gasteiger partial charge in [-0.15, -0.1) is 0 Å². The van der Waals surface area contributed by atoms with Crippen molar-refractivity contribution in [2.75, 3.05) is 17.2 Å². The van der Waals surface area contributed by atoms with Crippen molar-refractivity contribution in [3.63, 3.8) is 0 Å². The van der Waals surface area contributed by atoms with Crippen molar-refractivity contribution in [1.82, 2.24) is 15.1 Å². The third kappa shape index (κ3) is 1.96. The molecule has 0 saturated carbocycles. The lowest BCUT2D eigenvalue weighted by Gasteiger charge is -2.38. The number of benzene rings is 2. The van der Waals surface area contributed by atoms with Gasteiger partial charge in [-0.25, -0.2) is 4.68 Å². The van der Waals surface area contributed by atoms with Crippen LogP contribution in [0.15, 0.2) is 65.9 Å². The summed E-state index contributed by atoms with van der Waals surface area (Å²) in [5, 5.41) is 14.2. The van der Waals surface area contributed by atoms with E-state index in [4.69, 9.17) is 5.10 Å². The van der Waals surface area contributed by atoms with E-state index in [0.29, 0.717) is 24.2 Å². The Balaban J connectivity index is 1.73. The number of aryl methyl sites for hydroxylation is 1. The first-order chi connectivity index (χ1) is 14.6. The molecule has 4 heterocycles. The standard InChI is InChI=1S/C23H19N5O2/c1-13-18-20(28(27-13)14-7-3-2-4-8-14)25-17-11-12-24-21(29)19(17)23(18)15-9-5-6-10-16(15)26-22(23)30/h2-10,25H,11-12H2,1H3,(H,24,29)(H,26,30). The minimum Gasteiger partial charge on any atom is -0.352 e. The van der Waals surface area contributed by atoms with Crippen molar-refractivity contribution in [1.29, 1.82) is 0 Å². The molecule has 6 rings (SSSR count). The molecule has 148 valence electrons. The Hall–Kier alpha value is -3.87. The van der Waals surface area contributed by atoms with Gasteiger partial charge in [0.15, 0.2) is 0 Å². The largest absolute Gasteiger partial charge is 0.352 e. The molecule has 2 aromatic carbocycles. The molecule has 1 atom stereocenters. The summed E-state index contributed by atoms with van der Waals surface area (Å²) in [7, 11) is 0. The minimum atomic E-state index is -1.23. The van der Waals surface area contributed by atoms with E-state index in [9.17, 15) is 9.59 Å². The Morgan fingerprint density at radius 1 is 1.00 bits per heavy atom. The topological polar surface area (TPSA) is 88.1 Å². The van der Waals surface area contributed by atoms with Gasteiger partial charge in [0.05, 0.1) is 17.0 Å². The molecule has 7 nitrogen and oxygen atoms in total. The molecule has 2 amide bonds. The van der Waals surface area contributed by atoms with E-state index in [1.165, 1.54) is 0 Å². The van der Waals surface area contributed by atoms with Crippen LogP contribution in [0.2, 0.25) is 0 Å². The molecule has 3 aliphatic rings. The first-order valence-electron chi connectivity index (χ1n) is 9.97. The maximum absolute atomic E-state index is 13.7. The highest BCUT2D eigenvalue weighted by molar-refractivity contribution is 6.19. The second-order valence-electron chi connectivity index (χ2n) is 7.79. The van der Waals surface area contributed by atoms with Gasteiger partial charge in [0.25, 0.3) is 5.91 Å². The number of nitrogens with zero attached hydrogens (tertiary/aromatic N) is 2. The van der Waals surface area contributed by atoms with Gasteiger partial charge in [-0.05, 0) is 25.1 Å². The van der Waals surface area contributed by atoms with Crippen LogP contribution in [0.5, 0.6) is 0 Å². The lowest BCUT2D eigenvalue weighted by Crippen LogP contribution is -2.50. The SMILES string of the molecule is Cc1nn(-c2ccccc2)c2c1C1(C(=O)Nc3ccccc31)C1=C(CCNC1=O)N2. The fourth-order valence-corrected chi connectivity index (χ4v) is 5.04. The third-order valence-electron chi connectivity index (χ3n) is 6.19. The summed E-state index contributed by atoms with van der Waals surface area (Å²) in [5.74, 6) is 0.304. The van der Waals surface area contributed by atoms with E-state index in [2.05, 4.69) is 16.0 Å². The van der Waals surface area contributed by atoms with Crippen molar-refractivity contribution < 1.29 is 9.59 Å². The number of nitrogens with one attached hydrogen (secondary N) is 3. The number of hydrogen-bond acceptors (Lipinski definition) is 4. The molecule has 1 unspecified atom stereocenters. The van der Waals surface area contributed by atoms with E-state index in [1.54, 1.807) is 0 Å². The summed E-state index contributed by atoms with van der Waals surface area (Å²) < 4.78 is 1.83. The normalized spacial score (nSPS) is 21.5. The summed E-state index contributed by atoms with van der Waals surface area (Å²) >= 11 is 0. The summed E-state index contributed by atoms with van der Waals surface area (Å²) in [6.07, 6.45) is 0.622. The summed E-state index contributed by atoms with van der Waals surface area (Å²) in [6.45, 7) is 2.42. The molecule has 0 fully saturated rings. The number of aromatic nitrogens is 2. The highest BCUT2D eigenvalue weighted by Crippen LogP contribution is 2.55. The molecule has 30 heavy (non-hydrogen) atoms. The first-order valence-corrected chi connectivity index (χ1v) is 9.97. The Morgan fingerprint density at radius 3 is 2.60 bits per heavy atom. The van der Waals surface area contributed by atoms with Crippen LogP contribution in [0.4, 0.5) is 11.5 Å². The fourth-order valence-electron chi connectivity index (χ4n) is 5.04. The maximum atomic E-state index is 13.7. The molecule has 7 heteroatoms. The van der Waals surface area contributed by atoms with Gasteiger partial charge in [-0.2, -0.15) is 5.10 Å². The lowest BCUT2D eigenvalue weighted by atomic mass is 9.66. The molecular formula is C23H19N5O2. The summed E-state index contributed by atoms with van der Waals surface area (Å²) in [6, 6.07) is 17.4. The second-order valence-corrected chi connectivity index (χ2v) is 7.79. The number of rotatable bonds is 1. The van der Waals surface area contributed by atoms with E-state index < -0.39 is 5.41 Å². The quantitative estimate of drug-likeness (QED) is 0.589. The van der Waals surface area contributed by atoms with Crippen molar-refractivity contribution in [2.24, 2.45) is 0 Å². The number of fused-ring (bicyclic) bond motifs is 5. The number of carbonyl (C=O) groups is 2. The molecule has 3 aliphatic heterocycles. The lowest BCUT2D eigenvalue weighted by molar-refractivity contribution is -0.123. The second kappa shape index (κ2) is 5.82. The van der Waals surface area contributed by atoms with Gasteiger partial charge in [0, 0.05) is 35.5 Å². The Morgan fingerprint density at radius 2 is 1.77 bits per heavy atom. The predicted molar refractivity (Wildman–Crippen MR) is 112 cm³/mol. The monoisotopic (exact) mass is 397 g/mol. The van der Waals surface area contributed by atoms with Crippen molar-refractivity contribution in [3.05, 3.63) is 82.7 Å². The molecule has 1 aromatic heterocycles. The van der Waals surface area contributed by atoms with Crippen LogP contribution in [-0.2, 0) is 15.0 Å². The van der Waals surface area contributed by atoms with Crippen LogP contribution in [-0.4, -0.2) is 28.1 Å². The minimum absolute atomic E-state index is 0.215. The van der Waals surface area contributed by atoms with E-state index >= 15 is 0 Å². The van der Waals surface area contributed by atoms with Gasteiger partial charge >= 0.3 is 0 Å². The predicted octanol–water partition coefficient (Wildman–Crippen LogP) is 2.62. The third-order valence-corrected chi connectivity index (χ3v) is 6.19. The smallest absolute Gasteiger partial charge is 0.250 e. The molecule has 0 radical (unpaired) electrons. The zero-order chi connectivity index (χ0) is 20.5. The van der Waals surface area contributed by atoms with Gasteiger partial charge in [0.2, 0.25) is 5.91 Å². The zero-order valence-corrected chi connectivity index (χ0v) is 16.3. The van der Waals surface area contributed by atoms with E-state index in [-0.39, 0.29) is 11.8 Å². The average molecular weight is 397 g/mol. The molecule has 1 spiro atoms. The number of anilines is 2. The van der Waals surface area contributed by atoms with Crippen molar-refractivity contribution in [2.45, 2.75) is 18.8 Å². The molecule has 0 bridgehead atoms. The molecule has 0 saturated heterocycles. The van der Waals surface area contributed by atoms with E-state index in [0.717, 1.165) is 34.0 Å². The maximum Gasteiger partial charge on any atom is 0.250 e. The number of amides is 2. The van der Waals surface area contributed by atoms with Crippen LogP contribution >= 0.6 is 0 Å². The zero-order valence-electron chi connectivity index (χ0n) is 16.3. The fraction of sp³-hybridized carbons (Fsp3) is 0.174. The van der Waals surface area contributed by atoms with Crippen LogP contribution in [0, 0.1) is 6.92 Å². The highest BCUT2D eigenvalue weighted by Gasteiger charge is 2.59. The van der Waals surface area contributed by atoms with Gasteiger partial charge in [0.1, 0.15) is 11.2 Å². The Labute approximate surface area is 172 Å². The van der Waals surface area contributed by atoms with Gasteiger partial charge in [-0.3, -0.25) is 9.59 Å². The number of carbonyl (C=O) groups excluding carboxylic acids is 2. The van der Waals surface area contributed by atoms with E-state index in [1.807, 2.05) is 66.2 Å². The van der Waals surface area contributed by atoms with Crippen LogP contribution in [0.25, 0.3) is 5.69 Å². The molecule has 3 N–H and O–H groups in total. The number of hydrogen-bond donors (Lipinski definition) is 3. The average Bonchev–Trinajstić information content (AvgIpc) is 3.24. The number of para-hydroxylation sites is 2. The Bertz CT molecular complexity index is 1270. The molecular weight excluding hydrogens is 378 g/mol. The molecule has 3 aromatic rings. The van der Waals surface area contributed by atoms with Crippen LogP contribution in [0.1, 0.15) is 23.2 Å². The van der Waals surface area contributed by atoms with Gasteiger partial charge in [-0.1, -0.05) is 36.4 Å². The van der Waals surface area contributed by atoms with Crippen LogP contribution < -0.4 is 16.0 Å². The summed E-state index contributed by atoms with van der Waals surface area (Å²) in [5.41, 5.74) is 3.86. The highest BCUT2D eigenvalue weighted by atomic mass is 16.2. The molecule has 0 aliphatic carbocycles. The van der Waals surface area contributed by atoms with Crippen molar-refractivity contribution in [3.8, 4) is 5.69 Å². The van der Waals surface area contributed by atoms with Crippen molar-refractivity contribution >= 4 is 23.3 Å². The first kappa shape index (κ1) is 17.0. The summed E-state index contributed by atoms with van der Waals surface area (Å²) in [4.78, 5) is 26.8. The van der Waals surface area contributed by atoms with Gasteiger partial charge < -0.3 is 16.0 Å². The van der Waals surface area contributed by atoms with Crippen LogP contribution in [0.3, 0.4) is 0 Å². The Kier molecular flexibility index (Phi) is 3.30.